The number of hydrogen-bond acceptors (Lipinski definition) is 6. The molecule has 0 aliphatic carbocycles. The van der Waals surface area contributed by atoms with E-state index in [0.717, 1.165) is 5.56 Å². The number of nitriles is 1. The highest BCUT2D eigenvalue weighted by Crippen LogP contribution is 2.42. The molecule has 38 heavy (non-hydrogen) atoms. The third kappa shape index (κ3) is 6.22. The van der Waals surface area contributed by atoms with E-state index in [2.05, 4.69) is 11.4 Å². The van der Waals surface area contributed by atoms with E-state index in [9.17, 15) is 10.1 Å². The van der Waals surface area contributed by atoms with E-state index in [0.29, 0.717) is 60.4 Å². The van der Waals surface area contributed by atoms with Gasteiger partial charge in [0.2, 0.25) is 5.91 Å². The number of aromatic nitrogens is 1. The molecule has 0 saturated carbocycles. The standard InChI is InChI=1S/C29H23Cl2N3O3S/c1-36-26-10-6-9-20(28(26)37-2)21-16-25(18-7-4-3-5-8-18)34-29(22(21)17-32)38-14-13-27(35)33-24-12-11-19(30)15-23(24)31/h3-12,15-16H,13-14H2,1-2H3,(H,33,35). The van der Waals surface area contributed by atoms with Gasteiger partial charge in [-0.15, -0.1) is 11.8 Å². The quantitative estimate of drug-likeness (QED) is 0.210. The zero-order chi connectivity index (χ0) is 27.1. The van der Waals surface area contributed by atoms with E-state index in [1.54, 1.807) is 38.5 Å². The van der Waals surface area contributed by atoms with E-state index in [4.69, 9.17) is 37.7 Å². The number of carbonyl (C=O) groups is 1. The maximum absolute atomic E-state index is 12.6. The average Bonchev–Trinajstić information content (AvgIpc) is 2.94. The largest absolute Gasteiger partial charge is 0.493 e. The molecular weight excluding hydrogens is 541 g/mol. The molecule has 1 amide bonds. The summed E-state index contributed by atoms with van der Waals surface area (Å²) in [7, 11) is 3.13. The van der Waals surface area contributed by atoms with Gasteiger partial charge in [-0.25, -0.2) is 4.98 Å². The number of nitrogens with one attached hydrogen (secondary N) is 1. The summed E-state index contributed by atoms with van der Waals surface area (Å²) in [6.45, 7) is 0. The molecule has 0 saturated heterocycles. The van der Waals surface area contributed by atoms with Crippen LogP contribution in [0.1, 0.15) is 12.0 Å². The number of anilines is 1. The fourth-order valence-electron chi connectivity index (χ4n) is 3.85. The SMILES string of the molecule is COc1cccc(-c2cc(-c3ccccc3)nc(SCCC(=O)Nc3ccc(Cl)cc3Cl)c2C#N)c1OC. The first kappa shape index (κ1) is 27.3. The van der Waals surface area contributed by atoms with Crippen LogP contribution >= 0.6 is 35.0 Å². The van der Waals surface area contributed by atoms with Crippen molar-refractivity contribution >= 4 is 46.6 Å². The third-order valence-electron chi connectivity index (χ3n) is 5.63. The smallest absolute Gasteiger partial charge is 0.225 e. The maximum atomic E-state index is 12.6. The lowest BCUT2D eigenvalue weighted by Gasteiger charge is -2.16. The second-order valence-electron chi connectivity index (χ2n) is 8.02. The summed E-state index contributed by atoms with van der Waals surface area (Å²) in [5, 5.41) is 14.4. The Kier molecular flexibility index (Phi) is 9.14. The molecule has 0 radical (unpaired) electrons. The number of carbonyl (C=O) groups excluding carboxylic acids is 1. The van der Waals surface area contributed by atoms with Crippen molar-refractivity contribution in [3.05, 3.63) is 88.4 Å². The molecule has 0 fully saturated rings. The molecule has 0 spiro atoms. The predicted molar refractivity (Wildman–Crippen MR) is 153 cm³/mol. The van der Waals surface area contributed by atoms with Crippen molar-refractivity contribution in [3.63, 3.8) is 0 Å². The lowest BCUT2D eigenvalue weighted by atomic mass is 9.98. The molecule has 1 heterocycles. The molecule has 4 rings (SSSR count). The Morgan fingerprint density at radius 2 is 1.79 bits per heavy atom. The van der Waals surface area contributed by atoms with Crippen molar-refractivity contribution in [2.75, 3.05) is 25.3 Å². The molecule has 0 bridgehead atoms. The number of benzene rings is 3. The van der Waals surface area contributed by atoms with Crippen molar-refractivity contribution in [2.24, 2.45) is 0 Å². The van der Waals surface area contributed by atoms with Crippen LogP contribution in [-0.4, -0.2) is 30.9 Å². The van der Waals surface area contributed by atoms with Gasteiger partial charge in [-0.1, -0.05) is 65.7 Å². The first-order valence-electron chi connectivity index (χ1n) is 11.5. The summed E-state index contributed by atoms with van der Waals surface area (Å²) in [6.07, 6.45) is 0.184. The molecule has 0 atom stereocenters. The number of nitrogens with zero attached hydrogens (tertiary/aromatic N) is 2. The Bertz CT molecular complexity index is 1510. The number of rotatable bonds is 9. The number of pyridine rings is 1. The maximum Gasteiger partial charge on any atom is 0.225 e. The summed E-state index contributed by atoms with van der Waals surface area (Å²) < 4.78 is 11.1. The number of hydrogen-bond donors (Lipinski definition) is 1. The molecule has 0 unspecified atom stereocenters. The van der Waals surface area contributed by atoms with Crippen LogP contribution in [0.5, 0.6) is 11.5 Å². The van der Waals surface area contributed by atoms with Gasteiger partial charge in [-0.2, -0.15) is 5.26 Å². The third-order valence-corrected chi connectivity index (χ3v) is 7.16. The minimum atomic E-state index is -0.214. The van der Waals surface area contributed by atoms with Crippen molar-refractivity contribution in [1.29, 1.82) is 5.26 Å². The molecule has 1 aromatic heterocycles. The number of methoxy groups -OCH3 is 2. The highest BCUT2D eigenvalue weighted by Gasteiger charge is 2.20. The summed E-state index contributed by atoms with van der Waals surface area (Å²) in [5.74, 6) is 1.26. The Morgan fingerprint density at radius 3 is 2.47 bits per heavy atom. The molecule has 192 valence electrons. The van der Waals surface area contributed by atoms with Gasteiger partial charge in [0.15, 0.2) is 11.5 Å². The topological polar surface area (TPSA) is 84.2 Å². The van der Waals surface area contributed by atoms with Crippen molar-refractivity contribution in [1.82, 2.24) is 4.98 Å². The fraction of sp³-hybridized carbons (Fsp3) is 0.138. The molecule has 0 aliphatic rings. The van der Waals surface area contributed by atoms with Gasteiger partial charge in [0.25, 0.3) is 0 Å². The van der Waals surface area contributed by atoms with Crippen LogP contribution in [0.4, 0.5) is 5.69 Å². The van der Waals surface area contributed by atoms with Crippen LogP contribution in [0, 0.1) is 11.3 Å². The molecule has 4 aromatic rings. The second kappa shape index (κ2) is 12.7. The number of thioether (sulfide) groups is 1. The van der Waals surface area contributed by atoms with Crippen LogP contribution < -0.4 is 14.8 Å². The Morgan fingerprint density at radius 1 is 1.00 bits per heavy atom. The molecule has 3 aromatic carbocycles. The summed E-state index contributed by atoms with van der Waals surface area (Å²) in [5.41, 5.74) is 3.85. The summed E-state index contributed by atoms with van der Waals surface area (Å²) in [4.78, 5) is 17.4. The van der Waals surface area contributed by atoms with E-state index in [1.165, 1.54) is 11.8 Å². The van der Waals surface area contributed by atoms with Crippen LogP contribution in [0.25, 0.3) is 22.4 Å². The Balaban J connectivity index is 1.67. The van der Waals surface area contributed by atoms with E-state index < -0.39 is 0 Å². The van der Waals surface area contributed by atoms with Crippen LogP contribution in [-0.2, 0) is 4.79 Å². The summed E-state index contributed by atoms with van der Waals surface area (Å²) >= 11 is 13.4. The van der Waals surface area contributed by atoms with Gasteiger partial charge in [0.1, 0.15) is 11.1 Å². The van der Waals surface area contributed by atoms with Gasteiger partial charge in [0, 0.05) is 33.9 Å². The molecule has 9 heteroatoms. The first-order chi connectivity index (χ1) is 18.4. The van der Waals surface area contributed by atoms with Gasteiger partial charge >= 0.3 is 0 Å². The number of para-hydroxylation sites is 1. The lowest BCUT2D eigenvalue weighted by molar-refractivity contribution is -0.115. The number of halogens is 2. The minimum absolute atomic E-state index is 0.184. The number of ether oxygens (including phenoxy) is 2. The first-order valence-corrected chi connectivity index (χ1v) is 13.3. The predicted octanol–water partition coefficient (Wildman–Crippen LogP) is 7.73. The minimum Gasteiger partial charge on any atom is -0.493 e. The zero-order valence-electron chi connectivity index (χ0n) is 20.6. The molecular formula is C29H23Cl2N3O3S. The summed E-state index contributed by atoms with van der Waals surface area (Å²) in [6, 6.07) is 24.3. The Hall–Kier alpha value is -3.70. The van der Waals surface area contributed by atoms with E-state index >= 15 is 0 Å². The van der Waals surface area contributed by atoms with Crippen molar-refractivity contribution in [3.8, 4) is 40.0 Å². The highest BCUT2D eigenvalue weighted by atomic mass is 35.5. The van der Waals surface area contributed by atoms with Gasteiger partial charge in [0.05, 0.1) is 36.2 Å². The molecule has 0 aliphatic heterocycles. The van der Waals surface area contributed by atoms with E-state index in [1.807, 2.05) is 48.5 Å². The van der Waals surface area contributed by atoms with Crippen LogP contribution in [0.3, 0.4) is 0 Å². The van der Waals surface area contributed by atoms with Crippen molar-refractivity contribution in [2.45, 2.75) is 11.4 Å². The normalized spacial score (nSPS) is 10.5. The number of amides is 1. The lowest BCUT2D eigenvalue weighted by Crippen LogP contribution is -2.12. The van der Waals surface area contributed by atoms with Gasteiger partial charge in [-0.05, 0) is 30.3 Å². The van der Waals surface area contributed by atoms with Crippen LogP contribution in [0.15, 0.2) is 77.8 Å². The van der Waals surface area contributed by atoms with Gasteiger partial charge < -0.3 is 14.8 Å². The van der Waals surface area contributed by atoms with Crippen LogP contribution in [0.2, 0.25) is 10.0 Å². The van der Waals surface area contributed by atoms with Crippen molar-refractivity contribution < 1.29 is 14.3 Å². The monoisotopic (exact) mass is 563 g/mol. The zero-order valence-corrected chi connectivity index (χ0v) is 23.0. The fourth-order valence-corrected chi connectivity index (χ4v) is 5.25. The average molecular weight is 564 g/mol. The molecule has 6 nitrogen and oxygen atoms in total. The van der Waals surface area contributed by atoms with E-state index in [-0.39, 0.29) is 12.3 Å². The second-order valence-corrected chi connectivity index (χ2v) is 9.95. The highest BCUT2D eigenvalue weighted by molar-refractivity contribution is 7.99. The van der Waals surface area contributed by atoms with Gasteiger partial charge in [-0.3, -0.25) is 4.79 Å². The Labute approximate surface area is 235 Å². The molecule has 1 N–H and O–H groups in total.